The van der Waals surface area contributed by atoms with Crippen LogP contribution in [-0.4, -0.2) is 56.2 Å². The van der Waals surface area contributed by atoms with E-state index in [1.165, 1.54) is 30.3 Å². The van der Waals surface area contributed by atoms with Crippen LogP contribution >= 0.6 is 0 Å². The maximum absolute atomic E-state index is 10.5. The van der Waals surface area contributed by atoms with E-state index in [9.17, 15) is 19.5 Å². The third-order valence-corrected chi connectivity index (χ3v) is 3.01. The van der Waals surface area contributed by atoms with E-state index in [2.05, 4.69) is 0 Å². The lowest BCUT2D eigenvalue weighted by atomic mass is 10.1. The summed E-state index contributed by atoms with van der Waals surface area (Å²) in [5, 5.41) is 43.0. The van der Waals surface area contributed by atoms with E-state index >= 15 is 0 Å². The molecule has 0 saturated heterocycles. The molecule has 0 radical (unpaired) electrons. The quantitative estimate of drug-likeness (QED) is 0.331. The van der Waals surface area contributed by atoms with Gasteiger partial charge in [0.2, 0.25) is 0 Å². The fraction of sp³-hybridized carbons (Fsp3) is 0.353. The number of rotatable bonds is 9. The molecule has 1 unspecified atom stereocenters. The van der Waals surface area contributed by atoms with Crippen LogP contribution in [-0.2, 0) is 4.79 Å². The zero-order valence-corrected chi connectivity index (χ0v) is 13.5. The summed E-state index contributed by atoms with van der Waals surface area (Å²) in [5.41, 5.74) is -0.380. The van der Waals surface area contributed by atoms with Gasteiger partial charge in [0, 0.05) is 12.7 Å². The molecule has 0 aliphatic heterocycles. The van der Waals surface area contributed by atoms with Gasteiger partial charge in [-0.2, -0.15) is 0 Å². The molecule has 5 N–H and O–H groups in total. The van der Waals surface area contributed by atoms with Crippen molar-refractivity contribution in [3.8, 4) is 0 Å². The molecule has 0 fully saturated rings. The molecule has 1 rings (SSSR count). The fourth-order valence-electron chi connectivity index (χ4n) is 1.79. The number of hydrogen-bond donors (Lipinski definition) is 5. The molecule has 1 atom stereocenters. The average molecular weight is 354 g/mol. The molecule has 0 heterocycles. The highest BCUT2D eigenvalue weighted by molar-refractivity contribution is 6.01. The molecule has 1 aromatic carbocycles. The summed E-state index contributed by atoms with van der Waals surface area (Å²) in [6.45, 7) is 0.168. The molecule has 0 aromatic heterocycles. The molecule has 138 valence electrons. The largest absolute Gasteiger partial charge is 0.478 e. The van der Waals surface area contributed by atoms with Crippen molar-refractivity contribution >= 4 is 17.9 Å². The van der Waals surface area contributed by atoms with Crippen LogP contribution in [0.1, 0.15) is 46.4 Å². The second-order valence-corrected chi connectivity index (χ2v) is 4.99. The first-order chi connectivity index (χ1) is 11.8. The first kappa shape index (κ1) is 22.3. The van der Waals surface area contributed by atoms with Gasteiger partial charge in [-0.1, -0.05) is 25.0 Å². The predicted molar refractivity (Wildman–Crippen MR) is 88.7 cm³/mol. The van der Waals surface area contributed by atoms with Gasteiger partial charge in [0.05, 0.1) is 17.2 Å². The lowest BCUT2D eigenvalue weighted by Crippen LogP contribution is -2.06. The minimum absolute atomic E-state index is 0.168. The Balaban J connectivity index is 0.000000462. The SMILES string of the molecule is O=C(O)C=CC(O)CCCCCO.O=C(O)c1ccccc1C(=O)O. The summed E-state index contributed by atoms with van der Waals surface area (Å²) >= 11 is 0. The van der Waals surface area contributed by atoms with E-state index in [0.29, 0.717) is 6.42 Å². The van der Waals surface area contributed by atoms with Crippen LogP contribution in [0.3, 0.4) is 0 Å². The highest BCUT2D eigenvalue weighted by atomic mass is 16.4. The normalized spacial score (nSPS) is 11.4. The van der Waals surface area contributed by atoms with Gasteiger partial charge in [-0.15, -0.1) is 0 Å². The summed E-state index contributed by atoms with van der Waals surface area (Å²) in [5.74, 6) is -3.50. The van der Waals surface area contributed by atoms with Crippen molar-refractivity contribution < 1.29 is 39.9 Å². The Morgan fingerprint density at radius 1 is 0.920 bits per heavy atom. The maximum atomic E-state index is 10.5. The lowest BCUT2D eigenvalue weighted by Gasteiger charge is -2.03. The monoisotopic (exact) mass is 354 g/mol. The number of hydrogen-bond acceptors (Lipinski definition) is 5. The van der Waals surface area contributed by atoms with Crippen LogP contribution in [0.5, 0.6) is 0 Å². The minimum atomic E-state index is -1.23. The molecule has 1 aromatic rings. The molecule has 0 saturated carbocycles. The Labute approximate surface area is 144 Å². The second kappa shape index (κ2) is 12.7. The topological polar surface area (TPSA) is 152 Å². The van der Waals surface area contributed by atoms with Crippen LogP contribution in [0.4, 0.5) is 0 Å². The summed E-state index contributed by atoms with van der Waals surface area (Å²) in [7, 11) is 0. The van der Waals surface area contributed by atoms with Gasteiger partial charge in [-0.05, 0) is 31.1 Å². The van der Waals surface area contributed by atoms with Crippen LogP contribution in [0.2, 0.25) is 0 Å². The Bertz CT molecular complexity index is 561. The Kier molecular flexibility index (Phi) is 11.3. The number of carboxylic acid groups (broad SMARTS) is 3. The number of carbonyl (C=O) groups is 3. The van der Waals surface area contributed by atoms with E-state index in [-0.39, 0.29) is 17.7 Å². The van der Waals surface area contributed by atoms with Gasteiger partial charge >= 0.3 is 17.9 Å². The number of aliphatic hydroxyl groups excluding tert-OH is 2. The van der Waals surface area contributed by atoms with Crippen molar-refractivity contribution in [2.45, 2.75) is 31.8 Å². The molecular weight excluding hydrogens is 332 g/mol. The van der Waals surface area contributed by atoms with Crippen LogP contribution in [0.25, 0.3) is 0 Å². The maximum Gasteiger partial charge on any atom is 0.336 e. The number of benzene rings is 1. The van der Waals surface area contributed by atoms with Crippen molar-refractivity contribution in [2.24, 2.45) is 0 Å². The number of aliphatic hydroxyl groups is 2. The van der Waals surface area contributed by atoms with E-state index in [4.69, 9.17) is 20.4 Å². The highest BCUT2D eigenvalue weighted by Crippen LogP contribution is 2.08. The first-order valence-corrected chi connectivity index (χ1v) is 7.55. The zero-order chi connectivity index (χ0) is 19.2. The molecule has 8 heteroatoms. The standard InChI is InChI=1S/C9H16O4.C8H6O4/c10-7-3-1-2-4-8(11)5-6-9(12)13;9-7(10)5-3-1-2-4-6(5)8(11)12/h5-6,8,10-11H,1-4,7H2,(H,12,13);1-4H,(H,9,10)(H,11,12). The molecule has 0 amide bonds. The Morgan fingerprint density at radius 3 is 1.84 bits per heavy atom. The van der Waals surface area contributed by atoms with Crippen LogP contribution < -0.4 is 0 Å². The van der Waals surface area contributed by atoms with Gasteiger partial charge in [0.15, 0.2) is 0 Å². The van der Waals surface area contributed by atoms with Gasteiger partial charge in [-0.25, -0.2) is 14.4 Å². The van der Waals surface area contributed by atoms with Crippen LogP contribution in [0, 0.1) is 0 Å². The van der Waals surface area contributed by atoms with Crippen molar-refractivity contribution in [1.82, 2.24) is 0 Å². The molecule has 0 bridgehead atoms. The van der Waals surface area contributed by atoms with Crippen molar-refractivity contribution in [3.63, 3.8) is 0 Å². The summed E-state index contributed by atoms with van der Waals surface area (Å²) in [6, 6.07) is 5.48. The number of aromatic carboxylic acids is 2. The Morgan fingerprint density at radius 2 is 1.44 bits per heavy atom. The van der Waals surface area contributed by atoms with E-state index in [1.807, 2.05) is 0 Å². The second-order valence-electron chi connectivity index (χ2n) is 4.99. The van der Waals surface area contributed by atoms with Gasteiger partial charge in [-0.3, -0.25) is 0 Å². The van der Waals surface area contributed by atoms with Crippen molar-refractivity contribution in [3.05, 3.63) is 47.5 Å². The third-order valence-electron chi connectivity index (χ3n) is 3.01. The number of unbranched alkanes of at least 4 members (excludes halogenated alkanes) is 2. The van der Waals surface area contributed by atoms with Gasteiger partial charge in [0.1, 0.15) is 0 Å². The molecule has 0 spiro atoms. The molecule has 0 aliphatic rings. The minimum Gasteiger partial charge on any atom is -0.478 e. The predicted octanol–water partition coefficient (Wildman–Crippen LogP) is 1.62. The molecular formula is C17H22O8. The van der Waals surface area contributed by atoms with E-state index < -0.39 is 24.0 Å². The molecule has 0 aliphatic carbocycles. The molecule has 8 nitrogen and oxygen atoms in total. The van der Waals surface area contributed by atoms with Gasteiger partial charge in [0.25, 0.3) is 0 Å². The number of carboxylic acids is 3. The zero-order valence-electron chi connectivity index (χ0n) is 13.5. The smallest absolute Gasteiger partial charge is 0.336 e. The van der Waals surface area contributed by atoms with Crippen molar-refractivity contribution in [2.75, 3.05) is 6.61 Å². The van der Waals surface area contributed by atoms with E-state index in [0.717, 1.165) is 25.3 Å². The number of aliphatic carboxylic acids is 1. The third kappa shape index (κ3) is 10.6. The lowest BCUT2D eigenvalue weighted by molar-refractivity contribution is -0.131. The molecule has 25 heavy (non-hydrogen) atoms. The fourth-order valence-corrected chi connectivity index (χ4v) is 1.79. The average Bonchev–Trinajstić information content (AvgIpc) is 2.57. The first-order valence-electron chi connectivity index (χ1n) is 7.55. The highest BCUT2D eigenvalue weighted by Gasteiger charge is 2.13. The van der Waals surface area contributed by atoms with Gasteiger partial charge < -0.3 is 25.5 Å². The van der Waals surface area contributed by atoms with Crippen LogP contribution in [0.15, 0.2) is 36.4 Å². The Hall–Kier alpha value is -2.71. The summed E-state index contributed by atoms with van der Waals surface area (Å²) in [4.78, 5) is 31.0. The van der Waals surface area contributed by atoms with E-state index in [1.54, 1.807) is 0 Å². The summed E-state index contributed by atoms with van der Waals surface area (Å²) in [6.07, 6.45) is 4.45. The van der Waals surface area contributed by atoms with Crippen molar-refractivity contribution in [1.29, 1.82) is 0 Å². The summed E-state index contributed by atoms with van der Waals surface area (Å²) < 4.78 is 0.